The summed E-state index contributed by atoms with van der Waals surface area (Å²) in [4.78, 5) is 2.53. The smallest absolute Gasteiger partial charge is 0.0785 e. The fourth-order valence-electron chi connectivity index (χ4n) is 8.50. The number of nitrogens with zero attached hydrogens (tertiary/aromatic N) is 2. The van der Waals surface area contributed by atoms with Crippen molar-refractivity contribution >= 4 is 44.0 Å². The predicted molar refractivity (Wildman–Crippen MR) is 212 cm³/mol. The van der Waals surface area contributed by atoms with Gasteiger partial charge in [-0.2, -0.15) is 0 Å². The zero-order valence-corrected chi connectivity index (χ0v) is 28.3. The van der Waals surface area contributed by atoms with Crippen LogP contribution in [-0.2, 0) is 0 Å². The van der Waals surface area contributed by atoms with Crippen LogP contribution in [0.4, 0.5) is 11.4 Å². The lowest BCUT2D eigenvalue weighted by Gasteiger charge is -2.26. The molecule has 0 radical (unpaired) electrons. The quantitative estimate of drug-likeness (QED) is 0.186. The van der Waals surface area contributed by atoms with E-state index >= 15 is 0 Å². The second-order valence-electron chi connectivity index (χ2n) is 13.8. The molecule has 2 heteroatoms. The molecule has 0 N–H and O–H groups in total. The van der Waals surface area contributed by atoms with Crippen molar-refractivity contribution < 1.29 is 0 Å². The minimum absolute atomic E-state index is 0.325. The molecular formula is C48H36N2. The summed E-state index contributed by atoms with van der Waals surface area (Å²) in [5, 5.41) is 5.13. The summed E-state index contributed by atoms with van der Waals surface area (Å²) < 4.78 is 2.47. The highest BCUT2D eigenvalue weighted by Crippen LogP contribution is 2.55. The fourth-order valence-corrected chi connectivity index (χ4v) is 8.50. The van der Waals surface area contributed by atoms with Gasteiger partial charge in [0.1, 0.15) is 0 Å². The zero-order chi connectivity index (χ0) is 33.3. The number of anilines is 2. The number of allylic oxidation sites excluding steroid dienone is 4. The number of aromatic nitrogens is 1. The second-order valence-corrected chi connectivity index (χ2v) is 13.8. The topological polar surface area (TPSA) is 8.17 Å². The van der Waals surface area contributed by atoms with E-state index in [0.29, 0.717) is 5.92 Å². The summed E-state index contributed by atoms with van der Waals surface area (Å²) in [6.07, 6.45) is 7.87. The molecule has 2 heterocycles. The normalized spacial score (nSPS) is 15.1. The summed E-state index contributed by atoms with van der Waals surface area (Å²) in [5.41, 5.74) is 16.5. The lowest BCUT2D eigenvalue weighted by molar-refractivity contribution is 0.820. The molecule has 0 saturated carbocycles. The molecule has 8 aromatic rings. The Morgan fingerprint density at radius 1 is 0.560 bits per heavy atom. The Balaban J connectivity index is 1.12. The van der Waals surface area contributed by atoms with Gasteiger partial charge in [-0.05, 0) is 119 Å². The van der Waals surface area contributed by atoms with E-state index < -0.39 is 0 Å². The van der Waals surface area contributed by atoms with Crippen molar-refractivity contribution in [2.75, 3.05) is 4.90 Å². The molecule has 0 amide bonds. The molecule has 1 aliphatic carbocycles. The fraction of sp³-hybridized carbons (Fsp3) is 0.0833. The van der Waals surface area contributed by atoms with Crippen molar-refractivity contribution in [1.29, 1.82) is 0 Å². The molecule has 2 aliphatic rings. The van der Waals surface area contributed by atoms with Crippen molar-refractivity contribution in [3.8, 4) is 27.9 Å². The van der Waals surface area contributed by atoms with Gasteiger partial charge in [0.05, 0.1) is 16.7 Å². The number of para-hydroxylation sites is 2. The maximum atomic E-state index is 2.53. The highest BCUT2D eigenvalue weighted by Gasteiger charge is 2.37. The van der Waals surface area contributed by atoms with Gasteiger partial charge >= 0.3 is 0 Å². The van der Waals surface area contributed by atoms with Crippen molar-refractivity contribution in [2.45, 2.75) is 26.2 Å². The first-order chi connectivity index (χ1) is 24.6. The van der Waals surface area contributed by atoms with Crippen LogP contribution in [0.3, 0.4) is 0 Å². The third kappa shape index (κ3) is 4.35. The summed E-state index contributed by atoms with van der Waals surface area (Å²) in [6.45, 7) is 4.45. The molecule has 1 atom stereocenters. The number of aryl methyl sites for hydroxylation is 2. The number of hydrogen-bond acceptors (Lipinski definition) is 1. The molecule has 50 heavy (non-hydrogen) atoms. The van der Waals surface area contributed by atoms with Gasteiger partial charge in [0.2, 0.25) is 0 Å². The van der Waals surface area contributed by atoms with Crippen LogP contribution < -0.4 is 4.90 Å². The van der Waals surface area contributed by atoms with Crippen molar-refractivity contribution in [3.05, 3.63) is 186 Å². The molecule has 7 aromatic carbocycles. The predicted octanol–water partition coefficient (Wildman–Crippen LogP) is 13.0. The molecule has 2 nitrogen and oxygen atoms in total. The molecule has 1 unspecified atom stereocenters. The Hall–Kier alpha value is -6.12. The first-order valence-electron chi connectivity index (χ1n) is 17.6. The monoisotopic (exact) mass is 640 g/mol. The summed E-state index contributed by atoms with van der Waals surface area (Å²) in [6, 6.07) is 53.9. The lowest BCUT2D eigenvalue weighted by Crippen LogP contribution is -2.15. The highest BCUT2D eigenvalue weighted by molar-refractivity contribution is 6.15. The van der Waals surface area contributed by atoms with Gasteiger partial charge in [-0.25, -0.2) is 0 Å². The Labute approximate surface area is 292 Å². The van der Waals surface area contributed by atoms with Gasteiger partial charge < -0.3 is 9.47 Å². The number of benzene rings is 7. The Kier molecular flexibility index (Phi) is 6.47. The zero-order valence-electron chi connectivity index (χ0n) is 28.3. The van der Waals surface area contributed by atoms with E-state index in [9.17, 15) is 0 Å². The minimum atomic E-state index is 0.325. The van der Waals surface area contributed by atoms with Gasteiger partial charge in [-0.3, -0.25) is 0 Å². The molecular weight excluding hydrogens is 605 g/mol. The van der Waals surface area contributed by atoms with E-state index in [0.717, 1.165) is 6.42 Å². The van der Waals surface area contributed by atoms with Crippen LogP contribution in [-0.4, -0.2) is 4.57 Å². The minimum Gasteiger partial charge on any atom is -0.311 e. The van der Waals surface area contributed by atoms with Crippen LogP contribution in [0.25, 0.3) is 60.5 Å². The third-order valence-corrected chi connectivity index (χ3v) is 10.9. The largest absolute Gasteiger partial charge is 0.311 e. The third-order valence-electron chi connectivity index (χ3n) is 10.9. The number of rotatable bonds is 4. The van der Waals surface area contributed by atoms with E-state index in [1.54, 1.807) is 0 Å². The second kappa shape index (κ2) is 11.2. The van der Waals surface area contributed by atoms with E-state index in [4.69, 9.17) is 0 Å². The molecule has 238 valence electrons. The molecule has 0 saturated heterocycles. The molecule has 1 aliphatic heterocycles. The van der Waals surface area contributed by atoms with Gasteiger partial charge in [-0.15, -0.1) is 0 Å². The molecule has 0 bridgehead atoms. The number of fused-ring (bicyclic) bond motifs is 8. The van der Waals surface area contributed by atoms with Gasteiger partial charge in [0.25, 0.3) is 0 Å². The standard InChI is InChI=1S/C48H36N2/c1-31-20-21-36(30-43(31)44-29-35-13-7-6-12-34(35)28-32(44)2)33-22-24-38(25-23-33)50-46-19-11-9-17-40(46)42-27-26-41-39-16-8-10-18-45(39)49(47(41)48(42)50)37-14-4-3-5-15-37/h3-16,18-30,40H,17H2,1-2H3. The highest BCUT2D eigenvalue weighted by atomic mass is 15.2. The molecule has 10 rings (SSSR count). The molecule has 0 spiro atoms. The Bertz CT molecular complexity index is 2690. The van der Waals surface area contributed by atoms with Gasteiger partial charge in [0, 0.05) is 33.8 Å². The van der Waals surface area contributed by atoms with E-state index in [-0.39, 0.29) is 0 Å². The summed E-state index contributed by atoms with van der Waals surface area (Å²) in [5.74, 6) is 0.325. The Morgan fingerprint density at radius 3 is 2.12 bits per heavy atom. The van der Waals surface area contributed by atoms with Gasteiger partial charge in [-0.1, -0.05) is 115 Å². The van der Waals surface area contributed by atoms with Crippen molar-refractivity contribution in [1.82, 2.24) is 4.57 Å². The average molecular weight is 641 g/mol. The maximum absolute atomic E-state index is 2.53. The lowest BCUT2D eigenvalue weighted by atomic mass is 9.91. The summed E-state index contributed by atoms with van der Waals surface area (Å²) >= 11 is 0. The van der Waals surface area contributed by atoms with Crippen molar-refractivity contribution in [3.63, 3.8) is 0 Å². The first-order valence-corrected chi connectivity index (χ1v) is 17.6. The van der Waals surface area contributed by atoms with Crippen LogP contribution in [0.1, 0.15) is 29.0 Å². The van der Waals surface area contributed by atoms with Crippen LogP contribution in [0.15, 0.2) is 170 Å². The average Bonchev–Trinajstić information content (AvgIpc) is 3.68. The van der Waals surface area contributed by atoms with Crippen LogP contribution in [0, 0.1) is 13.8 Å². The van der Waals surface area contributed by atoms with E-state index in [1.165, 1.54) is 94.3 Å². The van der Waals surface area contributed by atoms with Crippen LogP contribution >= 0.6 is 0 Å². The Morgan fingerprint density at radius 2 is 1.28 bits per heavy atom. The van der Waals surface area contributed by atoms with E-state index in [1.807, 2.05) is 0 Å². The molecule has 1 aromatic heterocycles. The van der Waals surface area contributed by atoms with Crippen LogP contribution in [0.5, 0.6) is 0 Å². The van der Waals surface area contributed by atoms with E-state index in [2.05, 4.69) is 187 Å². The number of hydrogen-bond donors (Lipinski definition) is 0. The maximum Gasteiger partial charge on any atom is 0.0785 e. The summed E-state index contributed by atoms with van der Waals surface area (Å²) in [7, 11) is 0. The molecule has 0 fully saturated rings. The van der Waals surface area contributed by atoms with Crippen molar-refractivity contribution in [2.24, 2.45) is 0 Å². The first kappa shape index (κ1) is 28.9. The van der Waals surface area contributed by atoms with Crippen LogP contribution in [0.2, 0.25) is 0 Å². The van der Waals surface area contributed by atoms with Gasteiger partial charge in [0.15, 0.2) is 0 Å². The SMILES string of the molecule is Cc1ccc(-c2ccc(N3C4=CC=CCC4c4ccc5c6ccccc6n(-c6ccccc6)c5c43)cc2)cc1-c1cc2ccccc2cc1C.